The minimum atomic E-state index is -1.63. The molecule has 2 aliphatic carbocycles. The van der Waals surface area contributed by atoms with Gasteiger partial charge in [-0.2, -0.15) is 0 Å². The number of aldehydes is 1. The molecule has 1 heterocycles. The Labute approximate surface area is 371 Å². The Kier molecular flexibility index (Phi) is 16.9. The smallest absolute Gasteiger partial charge is 0.415 e. The molecule has 17 nitrogen and oxygen atoms in total. The first-order valence-electron chi connectivity index (χ1n) is 21.5. The number of carbonyl (C=O) groups excluding carboxylic acids is 2. The van der Waals surface area contributed by atoms with E-state index in [2.05, 4.69) is 17.8 Å². The molecule has 1 amide bonds. The lowest BCUT2D eigenvalue weighted by atomic mass is 9.55. The fraction of sp³-hybridized carbons (Fsp3) is 0.468. The number of nitrogens with zero attached hydrogens (tertiary/aromatic N) is 3. The van der Waals surface area contributed by atoms with E-state index in [0.717, 1.165) is 24.0 Å². The summed E-state index contributed by atoms with van der Waals surface area (Å²) in [4.78, 5) is 44.4. The molecular formula is C47H57N3O14. The number of fused-ring (bicyclic) bond motifs is 2. The van der Waals surface area contributed by atoms with E-state index in [9.17, 15) is 35.0 Å². The molecule has 3 aromatic carbocycles. The molecule has 344 valence electrons. The second-order valence-electron chi connectivity index (χ2n) is 15.7. The number of ether oxygens (including phenoxy) is 6. The van der Waals surface area contributed by atoms with Crippen LogP contribution in [-0.4, -0.2) is 115 Å². The Morgan fingerprint density at radius 3 is 2.36 bits per heavy atom. The third kappa shape index (κ3) is 10.6. The van der Waals surface area contributed by atoms with Gasteiger partial charge in [0.05, 0.1) is 55.7 Å². The van der Waals surface area contributed by atoms with E-state index in [4.69, 9.17) is 33.3 Å². The van der Waals surface area contributed by atoms with Crippen molar-refractivity contribution in [3.05, 3.63) is 106 Å². The van der Waals surface area contributed by atoms with Gasteiger partial charge in [0.1, 0.15) is 41.9 Å². The summed E-state index contributed by atoms with van der Waals surface area (Å²) in [6, 6.07) is 14.6. The number of allylic oxidation sites excluding steroid dienone is 1. The van der Waals surface area contributed by atoms with E-state index >= 15 is 0 Å². The highest BCUT2D eigenvalue weighted by atomic mass is 16.7. The highest BCUT2D eigenvalue weighted by Crippen LogP contribution is 2.62. The first kappa shape index (κ1) is 47.6. The highest BCUT2D eigenvalue weighted by molar-refractivity contribution is 6.03. The third-order valence-electron chi connectivity index (χ3n) is 12.0. The van der Waals surface area contributed by atoms with Gasteiger partial charge in [-0.15, -0.1) is 6.58 Å². The number of nitro groups is 1. The van der Waals surface area contributed by atoms with Crippen molar-refractivity contribution in [2.75, 3.05) is 60.4 Å². The van der Waals surface area contributed by atoms with Crippen molar-refractivity contribution in [3.63, 3.8) is 0 Å². The van der Waals surface area contributed by atoms with Crippen molar-refractivity contribution in [2.24, 2.45) is 22.9 Å². The largest absolute Gasteiger partial charge is 0.496 e. The topological polar surface area (TPSA) is 218 Å². The van der Waals surface area contributed by atoms with E-state index in [-0.39, 0.29) is 81.8 Å². The molecule has 6 rings (SSSR count). The van der Waals surface area contributed by atoms with Gasteiger partial charge in [-0.1, -0.05) is 30.1 Å². The molecule has 3 N–H and O–H groups in total. The molecule has 0 aromatic heterocycles. The number of amides is 1. The van der Waals surface area contributed by atoms with Gasteiger partial charge in [0.25, 0.3) is 5.69 Å². The summed E-state index contributed by atoms with van der Waals surface area (Å²) in [6.07, 6.45) is 7.82. The number of unbranched alkanes of at least 4 members (excludes halogenated alkanes) is 2. The average molecular weight is 888 g/mol. The molecule has 6 atom stereocenters. The van der Waals surface area contributed by atoms with Gasteiger partial charge in [-0.25, -0.2) is 4.79 Å². The lowest BCUT2D eigenvalue weighted by molar-refractivity contribution is -0.384. The van der Waals surface area contributed by atoms with E-state index in [1.165, 1.54) is 43.4 Å². The molecule has 1 saturated carbocycles. The number of methoxy groups -OCH3 is 1. The molecule has 3 aliphatic rings. The molecule has 1 fully saturated rings. The lowest BCUT2D eigenvalue weighted by Crippen LogP contribution is -2.70. The van der Waals surface area contributed by atoms with Gasteiger partial charge in [-0.3, -0.25) is 19.8 Å². The predicted octanol–water partition coefficient (Wildman–Crippen LogP) is 6.98. The molecule has 0 spiro atoms. The van der Waals surface area contributed by atoms with E-state index in [0.29, 0.717) is 66.2 Å². The summed E-state index contributed by atoms with van der Waals surface area (Å²) in [5.74, 6) is -0.940. The molecule has 0 radical (unpaired) electrons. The zero-order chi connectivity index (χ0) is 45.6. The Morgan fingerprint density at radius 2 is 1.69 bits per heavy atom. The zero-order valence-electron chi connectivity index (χ0n) is 36.2. The zero-order valence-corrected chi connectivity index (χ0v) is 36.2. The highest BCUT2D eigenvalue weighted by Gasteiger charge is 2.65. The number of rotatable bonds is 24. The summed E-state index contributed by atoms with van der Waals surface area (Å²) in [7, 11) is 2.93. The van der Waals surface area contributed by atoms with Gasteiger partial charge >= 0.3 is 6.09 Å². The Bertz CT molecular complexity index is 2140. The van der Waals surface area contributed by atoms with Crippen LogP contribution in [0.25, 0.3) is 0 Å². The number of non-ortho nitro benzene ring substituents is 1. The molecule has 17 heteroatoms. The summed E-state index contributed by atoms with van der Waals surface area (Å²) in [5.41, 5.74) is 2.30. The summed E-state index contributed by atoms with van der Waals surface area (Å²) in [6.45, 7) is 3.73. The summed E-state index contributed by atoms with van der Waals surface area (Å²) in [5, 5.41) is 45.3. The van der Waals surface area contributed by atoms with Crippen LogP contribution < -0.4 is 18.9 Å². The Morgan fingerprint density at radius 1 is 0.969 bits per heavy atom. The normalized spacial score (nSPS) is 22.5. The van der Waals surface area contributed by atoms with Gasteiger partial charge in [0.2, 0.25) is 5.79 Å². The van der Waals surface area contributed by atoms with Gasteiger partial charge in [0.15, 0.2) is 6.29 Å². The maximum absolute atomic E-state index is 14.6. The number of aliphatic hydroxyl groups excluding tert-OH is 3. The van der Waals surface area contributed by atoms with Crippen molar-refractivity contribution in [3.8, 4) is 28.7 Å². The van der Waals surface area contributed by atoms with Crippen LogP contribution in [-0.2, 0) is 14.3 Å². The van der Waals surface area contributed by atoms with Crippen LogP contribution in [0.2, 0.25) is 0 Å². The van der Waals surface area contributed by atoms with Crippen molar-refractivity contribution in [1.29, 1.82) is 0 Å². The number of hydrogen-bond acceptors (Lipinski definition) is 15. The number of benzene rings is 3. The molecule has 64 heavy (non-hydrogen) atoms. The van der Waals surface area contributed by atoms with Crippen LogP contribution in [0.1, 0.15) is 66.8 Å². The number of aliphatic hydroxyl groups is 3. The van der Waals surface area contributed by atoms with Crippen LogP contribution in [0.3, 0.4) is 0 Å². The Balaban J connectivity index is 1.55. The van der Waals surface area contributed by atoms with Crippen LogP contribution >= 0.6 is 0 Å². The maximum atomic E-state index is 14.6. The van der Waals surface area contributed by atoms with E-state index in [1.807, 2.05) is 6.07 Å². The summed E-state index contributed by atoms with van der Waals surface area (Å²) >= 11 is 0. The van der Waals surface area contributed by atoms with Crippen LogP contribution in [0, 0.1) is 27.9 Å². The SMILES string of the molecule is C=CCOC12Oc3ccc(Oc4ccc(OC)c(C=O)c4)cc3C3C(CCCCO)C(CCCCO)C=C(C(=NOC)CC1N(CCOCCO)C(=O)Oc1ccc([N+](=O)[O-])cc1)C32. The predicted molar refractivity (Wildman–Crippen MR) is 234 cm³/mol. The van der Waals surface area contributed by atoms with Crippen LogP contribution in [0.15, 0.2) is 90.1 Å². The van der Waals surface area contributed by atoms with Crippen molar-refractivity contribution in [1.82, 2.24) is 4.90 Å². The lowest BCUT2D eigenvalue weighted by Gasteiger charge is -2.59. The number of hydrogen-bond donors (Lipinski definition) is 3. The monoisotopic (exact) mass is 887 g/mol. The van der Waals surface area contributed by atoms with Crippen molar-refractivity contribution in [2.45, 2.75) is 62.7 Å². The fourth-order valence-corrected chi connectivity index (χ4v) is 9.33. The van der Waals surface area contributed by atoms with Crippen molar-refractivity contribution < 1.29 is 63.1 Å². The number of nitro benzene ring substituents is 1. The van der Waals surface area contributed by atoms with E-state index < -0.39 is 28.8 Å². The van der Waals surface area contributed by atoms with Gasteiger partial charge < -0.3 is 48.6 Å². The number of oxime groups is 1. The summed E-state index contributed by atoms with van der Waals surface area (Å²) < 4.78 is 37.6. The average Bonchev–Trinajstić information content (AvgIpc) is 3.30. The molecule has 0 bridgehead atoms. The fourth-order valence-electron chi connectivity index (χ4n) is 9.33. The van der Waals surface area contributed by atoms with Crippen molar-refractivity contribution >= 4 is 23.8 Å². The Hall–Kier alpha value is -5.85. The molecular weight excluding hydrogens is 831 g/mol. The van der Waals surface area contributed by atoms with Crippen LogP contribution in [0.5, 0.6) is 28.7 Å². The quantitative estimate of drug-likeness (QED) is 0.0272. The maximum Gasteiger partial charge on any atom is 0.415 e. The minimum absolute atomic E-state index is 0.0104. The third-order valence-corrected chi connectivity index (χ3v) is 12.0. The molecule has 0 saturated heterocycles. The number of carbonyl (C=O) groups is 2. The first-order chi connectivity index (χ1) is 31.2. The minimum Gasteiger partial charge on any atom is -0.496 e. The second-order valence-corrected chi connectivity index (χ2v) is 15.7. The van der Waals surface area contributed by atoms with Gasteiger partial charge in [-0.05, 0) is 91.6 Å². The first-order valence-corrected chi connectivity index (χ1v) is 21.5. The standard InChI is InChI=1S/C47H57N3O14/c1-4-23-61-47-43(49(19-24-60-25-22-53)46(55)63-34-13-11-33(12-14-34)50(56)57)29-40(48-59-3)38-27-31(9-5-7-20-51)37(10-6-8-21-52)44(45(38)47)39-28-36(16-18-42(39)64-47)62-35-15-17-41(58-2)32(26-35)30-54/h4,11-18,26-28,30-31,37,43-45,51-53H,1,5-10,19-25,29H2,2-3H3. The van der Waals surface area contributed by atoms with Gasteiger partial charge in [0, 0.05) is 49.8 Å². The molecule has 1 aliphatic heterocycles. The van der Waals surface area contributed by atoms with Crippen LogP contribution in [0.4, 0.5) is 10.5 Å². The molecule has 6 unspecified atom stereocenters. The molecule has 3 aromatic rings. The second kappa shape index (κ2) is 22.7. The van der Waals surface area contributed by atoms with E-state index in [1.54, 1.807) is 36.4 Å².